The normalized spacial score (nSPS) is 12.0. The third kappa shape index (κ3) is 9.72. The molecule has 0 saturated carbocycles. The van der Waals surface area contributed by atoms with Crippen LogP contribution in [0, 0.1) is 0 Å². The van der Waals surface area contributed by atoms with Gasteiger partial charge in [-0.05, 0) is 49.1 Å². The minimum absolute atomic E-state index is 0.0117. The molecule has 46 heavy (non-hydrogen) atoms. The number of phenolic OH excluding ortho intramolecular Hbond substituents is 1. The van der Waals surface area contributed by atoms with E-state index in [9.17, 15) is 5.11 Å². The van der Waals surface area contributed by atoms with Crippen LogP contribution in [-0.4, -0.2) is 73.6 Å². The molecule has 3 rings (SSSR count). The standard InChI is InChI=1S/C36H51O9P/c1-35(2,3)27-19-25(40-9)21-31(33(27)44-23-42-17-15-38-7)46(30-14-12-11-13-29(30)37)32-22-26(41-10)20-28(36(4,5)6)34(32)45-24-43-18-16-39-8/h11-14,19-22,37H,15-18,23-24H2,1-10H3. The lowest BCUT2D eigenvalue weighted by Gasteiger charge is -2.32. The van der Waals surface area contributed by atoms with Crippen LogP contribution in [-0.2, 0) is 29.8 Å². The number of para-hydroxylation sites is 1. The molecule has 254 valence electrons. The second-order valence-electron chi connectivity index (χ2n) is 12.7. The van der Waals surface area contributed by atoms with Crippen LogP contribution in [0.2, 0.25) is 0 Å². The summed E-state index contributed by atoms with van der Waals surface area (Å²) in [4.78, 5) is 0. The van der Waals surface area contributed by atoms with Crippen LogP contribution in [0.15, 0.2) is 48.5 Å². The van der Waals surface area contributed by atoms with Crippen LogP contribution in [0.3, 0.4) is 0 Å². The molecule has 0 amide bonds. The second-order valence-corrected chi connectivity index (χ2v) is 14.8. The van der Waals surface area contributed by atoms with Crippen LogP contribution < -0.4 is 34.9 Å². The van der Waals surface area contributed by atoms with Gasteiger partial charge in [0.05, 0.1) is 40.6 Å². The Morgan fingerprint density at radius 2 is 1.02 bits per heavy atom. The predicted octanol–water partition coefficient (Wildman–Crippen LogP) is 5.76. The van der Waals surface area contributed by atoms with Gasteiger partial charge >= 0.3 is 0 Å². The fraction of sp³-hybridized carbons (Fsp3) is 0.500. The lowest BCUT2D eigenvalue weighted by atomic mass is 9.86. The lowest BCUT2D eigenvalue weighted by molar-refractivity contribution is -0.00873. The molecule has 0 bridgehead atoms. The maximum Gasteiger partial charge on any atom is 0.189 e. The first-order valence-corrected chi connectivity index (χ1v) is 16.6. The number of aromatic hydroxyl groups is 1. The van der Waals surface area contributed by atoms with Crippen molar-refractivity contribution in [1.29, 1.82) is 0 Å². The number of ether oxygens (including phenoxy) is 8. The summed E-state index contributed by atoms with van der Waals surface area (Å²) in [6, 6.07) is 15.3. The van der Waals surface area contributed by atoms with Crippen molar-refractivity contribution in [2.75, 3.05) is 68.5 Å². The summed E-state index contributed by atoms with van der Waals surface area (Å²) in [5, 5.41) is 13.8. The van der Waals surface area contributed by atoms with E-state index in [2.05, 4.69) is 41.5 Å². The zero-order chi connectivity index (χ0) is 33.9. The number of methoxy groups -OCH3 is 4. The van der Waals surface area contributed by atoms with E-state index in [1.807, 2.05) is 42.5 Å². The van der Waals surface area contributed by atoms with E-state index in [-0.39, 0.29) is 30.2 Å². The van der Waals surface area contributed by atoms with E-state index in [0.29, 0.717) is 54.7 Å². The van der Waals surface area contributed by atoms with E-state index in [1.165, 1.54) is 0 Å². The van der Waals surface area contributed by atoms with Crippen molar-refractivity contribution in [2.24, 2.45) is 0 Å². The number of phenols is 1. The van der Waals surface area contributed by atoms with Gasteiger partial charge in [0.1, 0.15) is 28.7 Å². The van der Waals surface area contributed by atoms with Gasteiger partial charge in [-0.3, -0.25) is 0 Å². The van der Waals surface area contributed by atoms with E-state index in [4.69, 9.17) is 37.9 Å². The van der Waals surface area contributed by atoms with Gasteiger partial charge in [-0.2, -0.15) is 0 Å². The smallest absolute Gasteiger partial charge is 0.189 e. The average Bonchev–Trinajstić information content (AvgIpc) is 3.01. The van der Waals surface area contributed by atoms with Crippen molar-refractivity contribution in [2.45, 2.75) is 52.4 Å². The Morgan fingerprint density at radius 3 is 1.39 bits per heavy atom. The zero-order valence-corrected chi connectivity index (χ0v) is 29.9. The molecule has 9 nitrogen and oxygen atoms in total. The molecular weight excluding hydrogens is 607 g/mol. The number of hydrogen-bond donors (Lipinski definition) is 1. The highest BCUT2D eigenvalue weighted by molar-refractivity contribution is 7.80. The molecule has 0 aliphatic heterocycles. The fourth-order valence-corrected chi connectivity index (χ4v) is 7.41. The molecule has 0 aliphatic carbocycles. The molecule has 0 atom stereocenters. The average molecular weight is 659 g/mol. The molecule has 0 fully saturated rings. The Labute approximate surface area is 275 Å². The quantitative estimate of drug-likeness (QED) is 0.110. The highest BCUT2D eigenvalue weighted by atomic mass is 31.1. The summed E-state index contributed by atoms with van der Waals surface area (Å²) in [5.41, 5.74) is 1.21. The van der Waals surface area contributed by atoms with Gasteiger partial charge in [0.25, 0.3) is 0 Å². The SMILES string of the molecule is COCCOCOc1c(P(c2ccccc2O)c2cc(OC)cc(C(C)(C)C)c2OCOCCOC)cc(OC)cc1C(C)(C)C. The van der Waals surface area contributed by atoms with E-state index in [0.717, 1.165) is 21.7 Å². The highest BCUT2D eigenvalue weighted by Crippen LogP contribution is 2.48. The summed E-state index contributed by atoms with van der Waals surface area (Å²) < 4.78 is 46.7. The molecule has 0 unspecified atom stereocenters. The Kier molecular flexibility index (Phi) is 14.0. The van der Waals surface area contributed by atoms with Crippen LogP contribution in [0.5, 0.6) is 28.7 Å². The summed E-state index contributed by atoms with van der Waals surface area (Å²) in [6.07, 6.45) is 0. The molecule has 0 aliphatic rings. The molecule has 0 saturated heterocycles. The van der Waals surface area contributed by atoms with Crippen molar-refractivity contribution < 1.29 is 43.0 Å². The van der Waals surface area contributed by atoms with Gasteiger partial charge < -0.3 is 43.0 Å². The van der Waals surface area contributed by atoms with E-state index >= 15 is 0 Å². The van der Waals surface area contributed by atoms with Crippen molar-refractivity contribution in [1.82, 2.24) is 0 Å². The predicted molar refractivity (Wildman–Crippen MR) is 184 cm³/mol. The van der Waals surface area contributed by atoms with Crippen LogP contribution in [0.4, 0.5) is 0 Å². The Morgan fingerprint density at radius 1 is 0.587 bits per heavy atom. The van der Waals surface area contributed by atoms with E-state index in [1.54, 1.807) is 34.5 Å². The van der Waals surface area contributed by atoms with Crippen molar-refractivity contribution in [3.8, 4) is 28.7 Å². The maximum atomic E-state index is 11.4. The molecule has 0 aromatic heterocycles. The number of rotatable bonds is 17. The minimum Gasteiger partial charge on any atom is -0.507 e. The van der Waals surface area contributed by atoms with Gasteiger partial charge in [-0.25, -0.2) is 0 Å². The molecule has 3 aromatic carbocycles. The topological polar surface area (TPSA) is 94.1 Å². The van der Waals surface area contributed by atoms with Gasteiger partial charge in [0.15, 0.2) is 13.6 Å². The maximum absolute atomic E-state index is 11.4. The molecule has 0 radical (unpaired) electrons. The van der Waals surface area contributed by atoms with Gasteiger partial charge in [0.2, 0.25) is 0 Å². The summed E-state index contributed by atoms with van der Waals surface area (Å²) >= 11 is 0. The monoisotopic (exact) mass is 658 g/mol. The van der Waals surface area contributed by atoms with Crippen LogP contribution in [0.25, 0.3) is 0 Å². The van der Waals surface area contributed by atoms with Gasteiger partial charge in [0, 0.05) is 41.3 Å². The summed E-state index contributed by atoms with van der Waals surface area (Å²) in [6.45, 7) is 14.4. The molecule has 0 heterocycles. The first-order valence-electron chi connectivity index (χ1n) is 15.3. The number of benzene rings is 3. The van der Waals surface area contributed by atoms with Gasteiger partial charge in [-0.15, -0.1) is 0 Å². The highest BCUT2D eigenvalue weighted by Gasteiger charge is 2.34. The molecule has 3 aromatic rings. The van der Waals surface area contributed by atoms with Crippen molar-refractivity contribution >= 4 is 23.8 Å². The van der Waals surface area contributed by atoms with Gasteiger partial charge in [-0.1, -0.05) is 59.7 Å². The van der Waals surface area contributed by atoms with Crippen LogP contribution >= 0.6 is 7.92 Å². The fourth-order valence-electron chi connectivity index (χ4n) is 4.81. The second kappa shape index (κ2) is 17.2. The first kappa shape index (κ1) is 37.4. The number of hydrogen-bond acceptors (Lipinski definition) is 9. The zero-order valence-electron chi connectivity index (χ0n) is 29.0. The Balaban J connectivity index is 2.43. The van der Waals surface area contributed by atoms with Crippen molar-refractivity contribution in [3.05, 3.63) is 59.7 Å². The molecule has 0 spiro atoms. The largest absolute Gasteiger partial charge is 0.507 e. The first-order chi connectivity index (χ1) is 21.9. The van der Waals surface area contributed by atoms with E-state index < -0.39 is 7.92 Å². The molecular formula is C36H51O9P. The molecule has 10 heteroatoms. The lowest BCUT2D eigenvalue weighted by Crippen LogP contribution is -2.29. The summed E-state index contributed by atoms with van der Waals surface area (Å²) in [7, 11) is 5.01. The van der Waals surface area contributed by atoms with Crippen LogP contribution in [0.1, 0.15) is 52.7 Å². The third-order valence-corrected chi connectivity index (χ3v) is 9.70. The Bertz CT molecular complexity index is 1310. The van der Waals surface area contributed by atoms with Crippen molar-refractivity contribution in [3.63, 3.8) is 0 Å². The Hall–Kier alpha value is -3.07. The summed E-state index contributed by atoms with van der Waals surface area (Å²) in [5.74, 6) is 2.79. The molecule has 1 N–H and O–H groups in total. The third-order valence-electron chi connectivity index (χ3n) is 7.21. The minimum atomic E-state index is -1.55.